The Hall–Kier alpha value is -1.57. The van der Waals surface area contributed by atoms with Crippen LogP contribution in [0, 0.1) is 0 Å². The van der Waals surface area contributed by atoms with Crippen LogP contribution in [0.3, 0.4) is 0 Å². The van der Waals surface area contributed by atoms with E-state index >= 15 is 0 Å². The molecule has 1 atom stereocenters. The summed E-state index contributed by atoms with van der Waals surface area (Å²) in [6.45, 7) is 2.14. The van der Waals surface area contributed by atoms with E-state index in [1.807, 2.05) is 0 Å². The average molecular weight is 331 g/mol. The van der Waals surface area contributed by atoms with Crippen LogP contribution in [0.2, 0.25) is 0 Å². The lowest BCUT2D eigenvalue weighted by Gasteiger charge is -2.17. The van der Waals surface area contributed by atoms with Gasteiger partial charge in [0.15, 0.2) is 0 Å². The molecule has 0 fully saturated rings. The van der Waals surface area contributed by atoms with Gasteiger partial charge in [-0.25, -0.2) is 0 Å². The van der Waals surface area contributed by atoms with Crippen molar-refractivity contribution in [3.8, 4) is 5.75 Å². The van der Waals surface area contributed by atoms with Crippen LogP contribution < -0.4 is 10.1 Å². The van der Waals surface area contributed by atoms with Crippen molar-refractivity contribution in [2.45, 2.75) is 18.7 Å². The highest BCUT2D eigenvalue weighted by Gasteiger charge is 2.30. The van der Waals surface area contributed by atoms with Crippen molar-refractivity contribution in [1.29, 1.82) is 0 Å². The van der Waals surface area contributed by atoms with Crippen molar-refractivity contribution in [3.05, 3.63) is 41.5 Å². The Bertz CT molecular complexity index is 532. The number of aliphatic hydroxyl groups excluding tert-OH is 1. The lowest BCUT2D eigenvalue weighted by molar-refractivity contribution is -0.137. The molecule has 0 amide bonds. The zero-order chi connectivity index (χ0) is 16.7. The summed E-state index contributed by atoms with van der Waals surface area (Å²) in [6.07, 6.45) is -2.23. The Balaban J connectivity index is 1.71. The van der Waals surface area contributed by atoms with Crippen molar-refractivity contribution in [1.82, 2.24) is 5.32 Å². The van der Waals surface area contributed by atoms with Crippen molar-refractivity contribution < 1.29 is 27.8 Å². The number of halogens is 3. The third kappa shape index (κ3) is 6.21. The second kappa shape index (κ2) is 8.33. The first kappa shape index (κ1) is 17.8. The summed E-state index contributed by atoms with van der Waals surface area (Å²) >= 11 is 0. The van der Waals surface area contributed by atoms with Crippen LogP contribution >= 0.6 is 0 Å². The van der Waals surface area contributed by atoms with Gasteiger partial charge in [0.05, 0.1) is 18.8 Å². The van der Waals surface area contributed by atoms with Gasteiger partial charge in [-0.3, -0.25) is 0 Å². The minimum atomic E-state index is -4.41. The van der Waals surface area contributed by atoms with Crippen molar-refractivity contribution in [2.24, 2.45) is 0 Å². The molecule has 128 valence electrons. The number of nitrogens with one attached hydrogen (secondary N) is 1. The molecule has 0 bridgehead atoms. The van der Waals surface area contributed by atoms with Crippen LogP contribution in [0.15, 0.2) is 35.9 Å². The lowest BCUT2D eigenvalue weighted by atomic mass is 10.2. The summed E-state index contributed by atoms with van der Waals surface area (Å²) in [4.78, 5) is 0. The van der Waals surface area contributed by atoms with Gasteiger partial charge in [-0.05, 0) is 30.2 Å². The first-order valence-corrected chi connectivity index (χ1v) is 7.39. The monoisotopic (exact) mass is 331 g/mol. The summed E-state index contributed by atoms with van der Waals surface area (Å²) in [6, 6.07) is 4.60. The fourth-order valence-corrected chi connectivity index (χ4v) is 2.14. The Kier molecular flexibility index (Phi) is 6.44. The van der Waals surface area contributed by atoms with Crippen LogP contribution in [0.4, 0.5) is 13.2 Å². The third-order valence-corrected chi connectivity index (χ3v) is 3.32. The van der Waals surface area contributed by atoms with E-state index in [0.717, 1.165) is 30.7 Å². The maximum atomic E-state index is 12.6. The van der Waals surface area contributed by atoms with Gasteiger partial charge in [0.1, 0.15) is 18.5 Å². The van der Waals surface area contributed by atoms with Gasteiger partial charge in [-0.1, -0.05) is 12.1 Å². The first-order chi connectivity index (χ1) is 10.9. The van der Waals surface area contributed by atoms with Crippen LogP contribution in [-0.4, -0.2) is 44.1 Å². The molecular weight excluding hydrogens is 311 g/mol. The summed E-state index contributed by atoms with van der Waals surface area (Å²) in [5.41, 5.74) is 0.356. The van der Waals surface area contributed by atoms with Gasteiger partial charge in [-0.15, -0.1) is 0 Å². The molecule has 1 heterocycles. The number of hydrogen-bond donors (Lipinski definition) is 2. The summed E-state index contributed by atoms with van der Waals surface area (Å²) in [5, 5.41) is 12.9. The lowest BCUT2D eigenvalue weighted by Crippen LogP contribution is -2.33. The van der Waals surface area contributed by atoms with Crippen LogP contribution in [-0.2, 0) is 10.9 Å². The summed E-state index contributed by atoms with van der Waals surface area (Å²) in [5.74, 6) is 0.0854. The van der Waals surface area contributed by atoms with Gasteiger partial charge >= 0.3 is 6.18 Å². The Morgan fingerprint density at radius 3 is 2.87 bits per heavy atom. The predicted octanol–water partition coefficient (Wildman–Crippen LogP) is 2.38. The molecule has 0 aromatic heterocycles. The van der Waals surface area contributed by atoms with E-state index in [-0.39, 0.29) is 18.9 Å². The van der Waals surface area contributed by atoms with Gasteiger partial charge in [0.25, 0.3) is 0 Å². The highest BCUT2D eigenvalue weighted by Crippen LogP contribution is 2.31. The molecule has 7 heteroatoms. The predicted molar refractivity (Wildman–Crippen MR) is 79.3 cm³/mol. The number of aliphatic hydroxyl groups is 1. The zero-order valence-corrected chi connectivity index (χ0v) is 12.6. The highest BCUT2D eigenvalue weighted by molar-refractivity contribution is 5.30. The summed E-state index contributed by atoms with van der Waals surface area (Å²) in [7, 11) is 0. The maximum absolute atomic E-state index is 12.6. The van der Waals surface area contributed by atoms with Crippen molar-refractivity contribution in [3.63, 3.8) is 0 Å². The molecule has 23 heavy (non-hydrogen) atoms. The van der Waals surface area contributed by atoms with Crippen molar-refractivity contribution >= 4 is 0 Å². The molecular formula is C16H20F3NO3. The van der Waals surface area contributed by atoms with Crippen molar-refractivity contribution in [2.75, 3.05) is 32.9 Å². The molecule has 2 N–H and O–H groups in total. The molecule has 0 aliphatic carbocycles. The highest BCUT2D eigenvalue weighted by atomic mass is 19.4. The molecule has 1 unspecified atom stereocenters. The third-order valence-electron chi connectivity index (χ3n) is 3.32. The van der Waals surface area contributed by atoms with Crippen LogP contribution in [0.1, 0.15) is 12.0 Å². The van der Waals surface area contributed by atoms with E-state index in [0.29, 0.717) is 13.2 Å². The largest absolute Gasteiger partial charge is 0.491 e. The number of ether oxygens (including phenoxy) is 2. The summed E-state index contributed by atoms with van der Waals surface area (Å²) < 4.78 is 48.3. The van der Waals surface area contributed by atoms with Crippen LogP contribution in [0.25, 0.3) is 0 Å². The van der Waals surface area contributed by atoms with E-state index in [2.05, 4.69) is 11.4 Å². The average Bonchev–Trinajstić information content (AvgIpc) is 2.53. The topological polar surface area (TPSA) is 50.7 Å². The number of hydrogen-bond acceptors (Lipinski definition) is 4. The molecule has 0 saturated carbocycles. The second-order valence-corrected chi connectivity index (χ2v) is 5.32. The number of rotatable bonds is 7. The molecule has 1 aromatic carbocycles. The fraction of sp³-hybridized carbons (Fsp3) is 0.500. The maximum Gasteiger partial charge on any atom is 0.416 e. The van der Waals surface area contributed by atoms with Gasteiger partial charge in [0, 0.05) is 13.1 Å². The normalized spacial score (nSPS) is 16.8. The van der Waals surface area contributed by atoms with Crippen LogP contribution in [0.5, 0.6) is 5.75 Å². The van der Waals surface area contributed by atoms with E-state index < -0.39 is 17.8 Å². The number of alkyl halides is 3. The Morgan fingerprint density at radius 1 is 1.35 bits per heavy atom. The SMILES string of the molecule is OC(CNCC1=CCCOC1)COc1cccc(C(F)(F)F)c1. The van der Waals surface area contributed by atoms with Gasteiger partial charge < -0.3 is 19.9 Å². The minimum absolute atomic E-state index is 0.0795. The molecule has 1 aliphatic rings. The molecule has 0 saturated heterocycles. The molecule has 1 aromatic rings. The fourth-order valence-electron chi connectivity index (χ4n) is 2.14. The molecule has 0 radical (unpaired) electrons. The van der Waals surface area contributed by atoms with E-state index in [1.54, 1.807) is 0 Å². The smallest absolute Gasteiger partial charge is 0.416 e. The first-order valence-electron chi connectivity index (χ1n) is 7.39. The standard InChI is InChI=1S/C16H20F3NO3/c17-16(18,19)13-4-1-5-15(7-13)23-11-14(21)9-20-8-12-3-2-6-22-10-12/h1,3-5,7,14,20-21H,2,6,8-11H2. The van der Waals surface area contributed by atoms with E-state index in [4.69, 9.17) is 9.47 Å². The van der Waals surface area contributed by atoms with Gasteiger partial charge in [0.2, 0.25) is 0 Å². The molecule has 4 nitrogen and oxygen atoms in total. The van der Waals surface area contributed by atoms with Gasteiger partial charge in [-0.2, -0.15) is 13.2 Å². The number of benzene rings is 1. The molecule has 1 aliphatic heterocycles. The molecule has 0 spiro atoms. The molecule has 2 rings (SSSR count). The minimum Gasteiger partial charge on any atom is -0.491 e. The quantitative estimate of drug-likeness (QED) is 0.753. The Labute approximate surface area is 132 Å². The second-order valence-electron chi connectivity index (χ2n) is 5.32. The van der Waals surface area contributed by atoms with E-state index in [9.17, 15) is 18.3 Å². The Morgan fingerprint density at radius 2 is 2.17 bits per heavy atom. The zero-order valence-electron chi connectivity index (χ0n) is 12.6. The van der Waals surface area contributed by atoms with E-state index in [1.165, 1.54) is 12.1 Å².